The van der Waals surface area contributed by atoms with Crippen molar-refractivity contribution >= 4 is 46.0 Å². The Balaban J connectivity index is 1.59. The summed E-state index contributed by atoms with van der Waals surface area (Å²) in [6.45, 7) is 0. The normalized spacial score (nSPS) is 22.6. The maximum atomic E-state index is 14.3. The van der Waals surface area contributed by atoms with E-state index in [1.54, 1.807) is 49.5 Å². The number of nitrogens with zero attached hydrogens (tertiary/aromatic N) is 3. The van der Waals surface area contributed by atoms with Crippen LogP contribution in [0.4, 0.5) is 15.6 Å². The van der Waals surface area contributed by atoms with Crippen molar-refractivity contribution < 1.29 is 33.4 Å². The number of carbonyl (C=O) groups is 4. The van der Waals surface area contributed by atoms with Crippen molar-refractivity contribution in [2.45, 2.75) is 18.5 Å². The summed E-state index contributed by atoms with van der Waals surface area (Å²) in [6.07, 6.45) is 0.0652. The van der Waals surface area contributed by atoms with Crippen molar-refractivity contribution in [1.82, 2.24) is 19.7 Å². The quantitative estimate of drug-likeness (QED) is 0.289. The van der Waals surface area contributed by atoms with Gasteiger partial charge in [0.05, 0.1) is 33.9 Å². The molecule has 3 heterocycles. The molecule has 1 unspecified atom stereocenters. The van der Waals surface area contributed by atoms with Crippen molar-refractivity contribution in [2.24, 2.45) is 0 Å². The average Bonchev–Trinajstić information content (AvgIpc) is 3.55. The lowest BCUT2D eigenvalue weighted by molar-refractivity contribution is -0.139. The van der Waals surface area contributed by atoms with E-state index in [-0.39, 0.29) is 17.2 Å². The first-order chi connectivity index (χ1) is 18.2. The molecule has 0 bridgehead atoms. The van der Waals surface area contributed by atoms with Gasteiger partial charge in [0, 0.05) is 17.9 Å². The van der Waals surface area contributed by atoms with E-state index < -0.39 is 40.4 Å². The van der Waals surface area contributed by atoms with Crippen LogP contribution in [0.15, 0.2) is 47.8 Å². The third-order valence-corrected chi connectivity index (χ3v) is 7.94. The minimum Gasteiger partial charge on any atom is -0.497 e. The van der Waals surface area contributed by atoms with Crippen LogP contribution in [-0.2, 0) is 20.7 Å². The molecule has 3 atom stereocenters. The summed E-state index contributed by atoms with van der Waals surface area (Å²) in [6, 6.07) is 9.28. The average molecular weight is 538 g/mol. The van der Waals surface area contributed by atoms with E-state index in [1.165, 1.54) is 26.7 Å². The molecule has 1 fully saturated rings. The van der Waals surface area contributed by atoms with Gasteiger partial charge in [-0.05, 0) is 23.8 Å². The third-order valence-electron chi connectivity index (χ3n) is 6.93. The molecule has 38 heavy (non-hydrogen) atoms. The van der Waals surface area contributed by atoms with E-state index in [2.05, 4.69) is 10.3 Å². The molecule has 1 N–H and O–H groups in total. The molecule has 0 spiro atoms. The molecule has 1 aromatic heterocycles. The summed E-state index contributed by atoms with van der Waals surface area (Å²) in [5, 5.41) is 4.50. The van der Waals surface area contributed by atoms with E-state index in [0.29, 0.717) is 28.3 Å². The predicted molar refractivity (Wildman–Crippen MR) is 137 cm³/mol. The van der Waals surface area contributed by atoms with Crippen molar-refractivity contribution in [3.8, 4) is 11.5 Å². The number of quaternary nitrogens is 1. The number of imide groups is 1. The Kier molecular flexibility index (Phi) is 6.37. The standard InChI is InChI=1S/C26H24N4O7S/c1-30(26-27-17(13-38-26)24(33)37-4)19-6-5-7-20(36-3)16(19)12-18(23(30)32)29-22(31)21(28-25(29)34)14-8-10-15(35-2)11-9-14/h5-11,13,18,21H,12H2,1-4H3/p+1/t18-,21+,30?/m0/s1. The van der Waals surface area contributed by atoms with E-state index >= 15 is 0 Å². The molecular weight excluding hydrogens is 512 g/mol. The maximum absolute atomic E-state index is 14.3. The zero-order valence-electron chi connectivity index (χ0n) is 21.1. The van der Waals surface area contributed by atoms with Gasteiger partial charge < -0.3 is 19.5 Å². The van der Waals surface area contributed by atoms with Gasteiger partial charge in [-0.15, -0.1) is 0 Å². The molecule has 12 heteroatoms. The second-order valence-corrected chi connectivity index (χ2v) is 9.73. The molecule has 0 saturated carbocycles. The number of carbonyl (C=O) groups excluding carboxylic acids is 4. The highest BCUT2D eigenvalue weighted by atomic mass is 32.1. The molecule has 0 aliphatic carbocycles. The molecule has 5 rings (SSSR count). The molecule has 2 aliphatic rings. The number of hydrogen-bond acceptors (Lipinski definition) is 9. The van der Waals surface area contributed by atoms with Crippen molar-refractivity contribution in [3.63, 3.8) is 0 Å². The lowest BCUT2D eigenvalue weighted by Gasteiger charge is -2.39. The minimum atomic E-state index is -1.15. The number of thiazole rings is 1. The Hall–Kier alpha value is -4.29. The molecule has 4 amide bonds. The van der Waals surface area contributed by atoms with Crippen molar-refractivity contribution in [1.29, 1.82) is 0 Å². The van der Waals surface area contributed by atoms with Crippen molar-refractivity contribution in [3.05, 3.63) is 64.7 Å². The summed E-state index contributed by atoms with van der Waals surface area (Å²) < 4.78 is 15.1. The topological polar surface area (TPSA) is 124 Å². The predicted octanol–water partition coefficient (Wildman–Crippen LogP) is 2.96. The number of aromatic nitrogens is 1. The van der Waals surface area contributed by atoms with E-state index in [1.807, 2.05) is 0 Å². The number of urea groups is 1. The van der Waals surface area contributed by atoms with Gasteiger partial charge in [0.15, 0.2) is 17.4 Å². The van der Waals surface area contributed by atoms with E-state index in [9.17, 15) is 19.2 Å². The summed E-state index contributed by atoms with van der Waals surface area (Å²) in [5.74, 6) is -0.514. The number of esters is 1. The number of amides is 4. The fourth-order valence-electron chi connectivity index (χ4n) is 4.95. The Morgan fingerprint density at radius 2 is 1.82 bits per heavy atom. The Labute approximate surface area is 222 Å². The highest BCUT2D eigenvalue weighted by molar-refractivity contribution is 7.14. The number of benzene rings is 2. The van der Waals surface area contributed by atoms with Gasteiger partial charge in [0.1, 0.15) is 17.5 Å². The Morgan fingerprint density at radius 3 is 2.47 bits per heavy atom. The Bertz CT molecular complexity index is 1450. The van der Waals surface area contributed by atoms with Crippen LogP contribution in [0.25, 0.3) is 0 Å². The number of hydrogen-bond donors (Lipinski definition) is 1. The number of ether oxygens (including phenoxy) is 3. The Morgan fingerprint density at radius 1 is 1.08 bits per heavy atom. The van der Waals surface area contributed by atoms with Crippen LogP contribution in [0, 0.1) is 0 Å². The van der Waals surface area contributed by atoms with E-state index in [4.69, 9.17) is 14.2 Å². The fourth-order valence-corrected chi connectivity index (χ4v) is 5.86. The summed E-state index contributed by atoms with van der Waals surface area (Å²) in [5.41, 5.74) is 1.86. The SMILES string of the molecule is COC(=O)c1csc([N+]2(C)C(=O)[C@@H](N3C(=O)N[C@H](c4ccc(OC)cc4)C3=O)Cc3c(OC)cccc32)n1. The van der Waals surface area contributed by atoms with Crippen LogP contribution < -0.4 is 19.3 Å². The molecule has 1 saturated heterocycles. The smallest absolute Gasteiger partial charge is 0.357 e. The first-order valence-electron chi connectivity index (χ1n) is 11.6. The third kappa shape index (κ3) is 3.80. The fraction of sp³-hybridized carbons (Fsp3) is 0.269. The molecule has 2 aliphatic heterocycles. The van der Waals surface area contributed by atoms with Crippen LogP contribution in [0.1, 0.15) is 27.7 Å². The highest BCUT2D eigenvalue weighted by Crippen LogP contribution is 2.46. The number of methoxy groups -OCH3 is 3. The number of fused-ring (bicyclic) bond motifs is 1. The number of rotatable bonds is 6. The lowest BCUT2D eigenvalue weighted by atomic mass is 9.93. The summed E-state index contributed by atoms with van der Waals surface area (Å²) in [4.78, 5) is 58.5. The van der Waals surface area contributed by atoms with E-state index in [0.717, 1.165) is 16.2 Å². The first-order valence-corrected chi connectivity index (χ1v) is 12.5. The monoisotopic (exact) mass is 537 g/mol. The maximum Gasteiger partial charge on any atom is 0.357 e. The number of likely N-dealkylation sites (N-methyl/N-ethyl adjacent to an activating group) is 1. The molecule has 0 radical (unpaired) electrons. The van der Waals surface area contributed by atoms with Crippen molar-refractivity contribution in [2.75, 3.05) is 28.4 Å². The highest BCUT2D eigenvalue weighted by Gasteiger charge is 2.57. The van der Waals surface area contributed by atoms with Crippen LogP contribution in [0.2, 0.25) is 0 Å². The second-order valence-electron chi connectivity index (χ2n) is 8.89. The van der Waals surface area contributed by atoms with Gasteiger partial charge in [-0.1, -0.05) is 29.5 Å². The van der Waals surface area contributed by atoms with Gasteiger partial charge in [0.2, 0.25) is 0 Å². The zero-order valence-corrected chi connectivity index (χ0v) is 21.9. The summed E-state index contributed by atoms with van der Waals surface area (Å²) >= 11 is 1.11. The van der Waals surface area contributed by atoms with Gasteiger partial charge in [-0.25, -0.2) is 19.3 Å². The largest absolute Gasteiger partial charge is 0.497 e. The molecule has 11 nitrogen and oxygen atoms in total. The van der Waals surface area contributed by atoms with Crippen LogP contribution in [-0.4, -0.2) is 68.1 Å². The molecule has 2 aromatic carbocycles. The van der Waals surface area contributed by atoms with Gasteiger partial charge in [-0.3, -0.25) is 4.79 Å². The van der Waals surface area contributed by atoms with Crippen LogP contribution >= 0.6 is 11.3 Å². The lowest BCUT2D eigenvalue weighted by Crippen LogP contribution is -2.61. The van der Waals surface area contributed by atoms with Gasteiger partial charge in [-0.2, -0.15) is 9.47 Å². The second kappa shape index (κ2) is 9.54. The molecule has 196 valence electrons. The van der Waals surface area contributed by atoms with Crippen LogP contribution in [0.5, 0.6) is 11.5 Å². The van der Waals surface area contributed by atoms with Gasteiger partial charge >= 0.3 is 17.9 Å². The minimum absolute atomic E-state index is 0.0563. The van der Waals surface area contributed by atoms with Gasteiger partial charge in [0.25, 0.3) is 11.0 Å². The molecule has 3 aromatic rings. The van der Waals surface area contributed by atoms with Crippen LogP contribution in [0.3, 0.4) is 0 Å². The summed E-state index contributed by atoms with van der Waals surface area (Å²) in [7, 11) is 5.92. The first kappa shape index (κ1) is 25.4. The zero-order chi connectivity index (χ0) is 27.2. The molecular formula is C26H25N4O7S+. The number of nitrogens with one attached hydrogen (secondary N) is 1.